The van der Waals surface area contributed by atoms with Crippen LogP contribution in [0.5, 0.6) is 0 Å². The molecule has 0 spiro atoms. The van der Waals surface area contributed by atoms with Crippen LogP contribution in [-0.4, -0.2) is 22.4 Å². The molecule has 1 aliphatic heterocycles. The van der Waals surface area contributed by atoms with Crippen molar-refractivity contribution in [1.82, 2.24) is 15.5 Å². The van der Waals surface area contributed by atoms with Gasteiger partial charge in [-0.1, -0.05) is 25.4 Å². The van der Waals surface area contributed by atoms with Crippen LogP contribution in [0, 0.1) is 17.8 Å². The molecule has 106 valence electrons. The number of thioether (sulfide) groups is 1. The number of hydrogen-bond acceptors (Lipinski definition) is 5. The molecule has 1 aromatic heterocycles. The lowest BCUT2D eigenvalue weighted by Crippen LogP contribution is -2.18. The molecule has 1 saturated heterocycles. The smallest absolute Gasteiger partial charge is 0.244 e. The summed E-state index contributed by atoms with van der Waals surface area (Å²) in [7, 11) is 0. The molecule has 19 heavy (non-hydrogen) atoms. The van der Waals surface area contributed by atoms with E-state index < -0.39 is 0 Å². The predicted octanol–water partition coefficient (Wildman–Crippen LogP) is 3.02. The number of nitrogens with zero attached hydrogens (tertiary/aromatic N) is 2. The molecule has 1 aromatic rings. The molecule has 4 nitrogen and oxygen atoms in total. The number of nitrogens with one attached hydrogen (secondary N) is 1. The fourth-order valence-corrected chi connectivity index (χ4v) is 4.19. The SMILES string of the molecule is CC(C)CSCc1noc(C2NCC3CCCC32)n1. The second-order valence-corrected chi connectivity index (χ2v) is 7.23. The molecule has 0 radical (unpaired) electrons. The maximum atomic E-state index is 5.48. The van der Waals surface area contributed by atoms with Crippen molar-refractivity contribution in [3.8, 4) is 0 Å². The van der Waals surface area contributed by atoms with Crippen molar-refractivity contribution < 1.29 is 4.52 Å². The summed E-state index contributed by atoms with van der Waals surface area (Å²) < 4.78 is 5.48. The minimum absolute atomic E-state index is 0.309. The second-order valence-electron chi connectivity index (χ2n) is 6.20. The van der Waals surface area contributed by atoms with Crippen molar-refractivity contribution in [1.29, 1.82) is 0 Å². The van der Waals surface area contributed by atoms with E-state index in [9.17, 15) is 0 Å². The van der Waals surface area contributed by atoms with Gasteiger partial charge in [0.1, 0.15) is 0 Å². The molecule has 2 fully saturated rings. The van der Waals surface area contributed by atoms with Gasteiger partial charge in [-0.2, -0.15) is 16.7 Å². The van der Waals surface area contributed by atoms with E-state index in [2.05, 4.69) is 29.3 Å². The van der Waals surface area contributed by atoms with E-state index >= 15 is 0 Å². The Kier molecular flexibility index (Phi) is 4.12. The summed E-state index contributed by atoms with van der Waals surface area (Å²) in [5.74, 6) is 5.94. The van der Waals surface area contributed by atoms with E-state index in [-0.39, 0.29) is 0 Å². The Labute approximate surface area is 119 Å². The molecule has 3 atom stereocenters. The molecule has 1 N–H and O–H groups in total. The third-order valence-corrected chi connectivity index (χ3v) is 5.54. The van der Waals surface area contributed by atoms with E-state index in [4.69, 9.17) is 4.52 Å². The fourth-order valence-electron chi connectivity index (χ4n) is 3.30. The summed E-state index contributed by atoms with van der Waals surface area (Å²) in [4.78, 5) is 4.59. The van der Waals surface area contributed by atoms with Crippen LogP contribution >= 0.6 is 11.8 Å². The van der Waals surface area contributed by atoms with E-state index in [1.165, 1.54) is 19.3 Å². The first kappa shape index (κ1) is 13.4. The highest BCUT2D eigenvalue weighted by Gasteiger charge is 2.42. The van der Waals surface area contributed by atoms with Gasteiger partial charge in [-0.25, -0.2) is 0 Å². The van der Waals surface area contributed by atoms with E-state index in [1.807, 2.05) is 11.8 Å². The van der Waals surface area contributed by atoms with Gasteiger partial charge >= 0.3 is 0 Å². The standard InChI is InChI=1S/C14H23N3OS/c1-9(2)7-19-8-12-16-14(18-17-12)13-11-5-3-4-10(11)6-15-13/h9-11,13,15H,3-8H2,1-2H3. The summed E-state index contributed by atoms with van der Waals surface area (Å²) in [6.45, 7) is 5.59. The van der Waals surface area contributed by atoms with Gasteiger partial charge < -0.3 is 9.84 Å². The number of hydrogen-bond donors (Lipinski definition) is 1. The zero-order chi connectivity index (χ0) is 13.2. The van der Waals surface area contributed by atoms with Crippen molar-refractivity contribution >= 4 is 11.8 Å². The molecule has 0 bridgehead atoms. The Bertz CT molecular complexity index is 421. The lowest BCUT2D eigenvalue weighted by Gasteiger charge is -2.13. The van der Waals surface area contributed by atoms with Gasteiger partial charge in [0.2, 0.25) is 5.89 Å². The van der Waals surface area contributed by atoms with Crippen LogP contribution in [0.2, 0.25) is 0 Å². The monoisotopic (exact) mass is 281 g/mol. The Balaban J connectivity index is 1.58. The first-order valence-corrected chi connectivity index (χ1v) is 8.53. The Hall–Kier alpha value is -0.550. The van der Waals surface area contributed by atoms with E-state index in [0.29, 0.717) is 12.0 Å². The van der Waals surface area contributed by atoms with Gasteiger partial charge in [0.05, 0.1) is 11.8 Å². The minimum atomic E-state index is 0.309. The first-order valence-electron chi connectivity index (χ1n) is 7.37. The highest BCUT2D eigenvalue weighted by molar-refractivity contribution is 7.98. The predicted molar refractivity (Wildman–Crippen MR) is 76.9 cm³/mol. The number of rotatable bonds is 5. The quantitative estimate of drug-likeness (QED) is 0.899. The maximum Gasteiger partial charge on any atom is 0.244 e. The van der Waals surface area contributed by atoms with Crippen molar-refractivity contribution in [2.45, 2.75) is 44.9 Å². The van der Waals surface area contributed by atoms with Crippen LogP contribution in [0.25, 0.3) is 0 Å². The van der Waals surface area contributed by atoms with E-state index in [0.717, 1.165) is 41.6 Å². The van der Waals surface area contributed by atoms with Crippen LogP contribution in [-0.2, 0) is 5.75 Å². The summed E-state index contributed by atoms with van der Waals surface area (Å²) in [5.41, 5.74) is 0. The normalized spacial score (nSPS) is 30.2. The van der Waals surface area contributed by atoms with Gasteiger partial charge in [-0.15, -0.1) is 0 Å². The molecule has 5 heteroatoms. The molecule has 0 amide bonds. The maximum absolute atomic E-state index is 5.48. The van der Waals surface area contributed by atoms with Gasteiger partial charge in [0.25, 0.3) is 0 Å². The molecule has 0 aromatic carbocycles. The zero-order valence-electron chi connectivity index (χ0n) is 11.8. The molecule has 2 aliphatic rings. The summed E-state index contributed by atoms with van der Waals surface area (Å²) in [6, 6.07) is 0.309. The molecule has 1 aliphatic carbocycles. The van der Waals surface area contributed by atoms with E-state index in [1.54, 1.807) is 0 Å². The second kappa shape index (κ2) is 5.83. The first-order chi connectivity index (χ1) is 9.24. The van der Waals surface area contributed by atoms with Crippen LogP contribution in [0.4, 0.5) is 0 Å². The lowest BCUT2D eigenvalue weighted by atomic mass is 9.94. The van der Waals surface area contributed by atoms with Gasteiger partial charge in [-0.3, -0.25) is 0 Å². The van der Waals surface area contributed by atoms with Crippen molar-refractivity contribution in [2.75, 3.05) is 12.3 Å². The largest absolute Gasteiger partial charge is 0.338 e. The molecule has 3 rings (SSSR count). The Morgan fingerprint density at radius 3 is 3.16 bits per heavy atom. The molecule has 3 unspecified atom stereocenters. The van der Waals surface area contributed by atoms with Gasteiger partial charge in [-0.05, 0) is 42.9 Å². The van der Waals surface area contributed by atoms with Crippen LogP contribution in [0.15, 0.2) is 4.52 Å². The summed E-state index contributed by atoms with van der Waals surface area (Å²) in [5, 5.41) is 7.68. The highest BCUT2D eigenvalue weighted by Crippen LogP contribution is 2.43. The average Bonchev–Trinajstić information content (AvgIpc) is 3.01. The van der Waals surface area contributed by atoms with Crippen molar-refractivity contribution in [2.24, 2.45) is 17.8 Å². The highest BCUT2D eigenvalue weighted by atomic mass is 32.2. The molecule has 1 saturated carbocycles. The zero-order valence-corrected chi connectivity index (χ0v) is 12.6. The third-order valence-electron chi connectivity index (χ3n) is 4.18. The van der Waals surface area contributed by atoms with Gasteiger partial charge in [0.15, 0.2) is 5.82 Å². The van der Waals surface area contributed by atoms with Gasteiger partial charge in [0, 0.05) is 0 Å². The summed E-state index contributed by atoms with van der Waals surface area (Å²) >= 11 is 1.88. The molecular formula is C14H23N3OS. The number of fused-ring (bicyclic) bond motifs is 1. The Morgan fingerprint density at radius 1 is 1.42 bits per heavy atom. The van der Waals surface area contributed by atoms with Crippen LogP contribution in [0.3, 0.4) is 0 Å². The number of aromatic nitrogens is 2. The fraction of sp³-hybridized carbons (Fsp3) is 0.857. The van der Waals surface area contributed by atoms with Crippen LogP contribution in [0.1, 0.15) is 50.9 Å². The summed E-state index contributed by atoms with van der Waals surface area (Å²) in [6.07, 6.45) is 4.03. The van der Waals surface area contributed by atoms with Crippen LogP contribution < -0.4 is 5.32 Å². The Morgan fingerprint density at radius 2 is 2.32 bits per heavy atom. The molecule has 2 heterocycles. The average molecular weight is 281 g/mol. The van der Waals surface area contributed by atoms with Crippen molar-refractivity contribution in [3.05, 3.63) is 11.7 Å². The molecular weight excluding hydrogens is 258 g/mol. The topological polar surface area (TPSA) is 51.0 Å². The van der Waals surface area contributed by atoms with Crippen molar-refractivity contribution in [3.63, 3.8) is 0 Å². The lowest BCUT2D eigenvalue weighted by molar-refractivity contribution is 0.301. The third kappa shape index (κ3) is 2.97. The minimum Gasteiger partial charge on any atom is -0.338 e.